The van der Waals surface area contributed by atoms with Gasteiger partial charge in [0.25, 0.3) is 0 Å². The topological polar surface area (TPSA) is 0 Å². The Morgan fingerprint density at radius 1 is 0.750 bits per heavy atom. The van der Waals surface area contributed by atoms with E-state index in [9.17, 15) is 0 Å². The molecule has 0 saturated carbocycles. The van der Waals surface area contributed by atoms with Crippen LogP contribution in [0.4, 0.5) is 0 Å². The highest BCUT2D eigenvalue weighted by atomic mass is 19.0. The summed E-state index contributed by atoms with van der Waals surface area (Å²) < 4.78 is 0. The first-order valence-electron chi connectivity index (χ1n) is 2.91. The van der Waals surface area contributed by atoms with Gasteiger partial charge in [-0.25, -0.2) is 0 Å². The standard InChI is InChI=1S/C6H14.2FH/c1-3-5-6-4-2;;/h3-6H2,1-2H3;2*1H/p-2. The molecule has 0 aromatic heterocycles. The maximum absolute atomic E-state index is 2.23. The van der Waals surface area contributed by atoms with Crippen LogP contribution in [0.15, 0.2) is 0 Å². The maximum atomic E-state index is 2.23. The Bertz CT molecular complexity index is 18.5. The van der Waals surface area contributed by atoms with Crippen molar-refractivity contribution < 1.29 is 9.41 Å². The van der Waals surface area contributed by atoms with E-state index < -0.39 is 0 Å². The molecule has 2 heteroatoms. The summed E-state index contributed by atoms with van der Waals surface area (Å²) in [5, 5.41) is 0. The lowest BCUT2D eigenvalue weighted by atomic mass is 10.2. The van der Waals surface area contributed by atoms with Gasteiger partial charge in [-0.2, -0.15) is 0 Å². The molecule has 0 aliphatic carbocycles. The van der Waals surface area contributed by atoms with E-state index in [-0.39, 0.29) is 9.41 Å². The molecule has 0 N–H and O–H groups in total. The zero-order chi connectivity index (χ0) is 4.83. The highest BCUT2D eigenvalue weighted by molar-refractivity contribution is 4.31. The maximum Gasteiger partial charge on any atom is -0.0536 e. The van der Waals surface area contributed by atoms with Gasteiger partial charge in [-0.1, -0.05) is 39.5 Å². The second-order valence-electron chi connectivity index (χ2n) is 1.71. The predicted molar refractivity (Wildman–Crippen MR) is 29.8 cm³/mol. The van der Waals surface area contributed by atoms with Crippen molar-refractivity contribution in [1.82, 2.24) is 0 Å². The summed E-state index contributed by atoms with van der Waals surface area (Å²) in [5.74, 6) is 0. The van der Waals surface area contributed by atoms with E-state index in [0.717, 1.165) is 0 Å². The van der Waals surface area contributed by atoms with E-state index >= 15 is 0 Å². The highest BCUT2D eigenvalue weighted by Crippen LogP contribution is 1.95. The summed E-state index contributed by atoms with van der Waals surface area (Å²) in [7, 11) is 0. The average Bonchev–Trinajstić information content (AvgIpc) is 1.61. The molecule has 0 aliphatic heterocycles. The van der Waals surface area contributed by atoms with E-state index in [1.165, 1.54) is 25.7 Å². The van der Waals surface area contributed by atoms with E-state index in [2.05, 4.69) is 13.8 Å². The molecule has 0 saturated heterocycles. The van der Waals surface area contributed by atoms with Crippen LogP contribution in [0.25, 0.3) is 0 Å². The van der Waals surface area contributed by atoms with Gasteiger partial charge < -0.3 is 9.41 Å². The monoisotopic (exact) mass is 124 g/mol. The molecule has 0 aromatic carbocycles. The van der Waals surface area contributed by atoms with Crippen LogP contribution in [-0.2, 0) is 0 Å². The first-order chi connectivity index (χ1) is 2.91. The van der Waals surface area contributed by atoms with Gasteiger partial charge in [-0.05, 0) is 0 Å². The lowest BCUT2D eigenvalue weighted by Gasteiger charge is -1.86. The summed E-state index contributed by atoms with van der Waals surface area (Å²) in [6.45, 7) is 4.46. The van der Waals surface area contributed by atoms with Gasteiger partial charge in [0.15, 0.2) is 0 Å². The Kier molecular flexibility index (Phi) is 30.9. The molecule has 0 heterocycles. The first kappa shape index (κ1) is 15.7. The molecule has 0 bridgehead atoms. The van der Waals surface area contributed by atoms with Crippen molar-refractivity contribution in [3.8, 4) is 0 Å². The second-order valence-corrected chi connectivity index (χ2v) is 1.71. The lowest BCUT2D eigenvalue weighted by molar-refractivity contribution is -0.00100. The quantitative estimate of drug-likeness (QED) is 0.344. The van der Waals surface area contributed by atoms with Crippen molar-refractivity contribution in [3.05, 3.63) is 0 Å². The van der Waals surface area contributed by atoms with Crippen molar-refractivity contribution in [2.24, 2.45) is 0 Å². The van der Waals surface area contributed by atoms with Gasteiger partial charge in [0.05, 0.1) is 0 Å². The molecule has 0 spiro atoms. The zero-order valence-corrected chi connectivity index (χ0v) is 5.58. The Balaban J connectivity index is -0.000000125. The normalized spacial score (nSPS) is 6.75. The molecule has 0 atom stereocenters. The van der Waals surface area contributed by atoms with Crippen molar-refractivity contribution in [1.29, 1.82) is 0 Å². The van der Waals surface area contributed by atoms with Crippen LogP contribution in [-0.4, -0.2) is 0 Å². The van der Waals surface area contributed by atoms with Gasteiger partial charge in [0, 0.05) is 0 Å². The molecule has 0 nitrogen and oxygen atoms in total. The van der Waals surface area contributed by atoms with Crippen molar-refractivity contribution in [2.45, 2.75) is 39.5 Å². The summed E-state index contributed by atoms with van der Waals surface area (Å²) in [6, 6.07) is 0. The largest absolute Gasteiger partial charge is 1.00 e. The van der Waals surface area contributed by atoms with E-state index in [4.69, 9.17) is 0 Å². The van der Waals surface area contributed by atoms with Crippen LogP contribution in [0.1, 0.15) is 39.5 Å². The minimum atomic E-state index is 0. The summed E-state index contributed by atoms with van der Waals surface area (Å²) >= 11 is 0. The van der Waals surface area contributed by atoms with E-state index in [0.29, 0.717) is 0 Å². The lowest BCUT2D eigenvalue weighted by Crippen LogP contribution is -3.00. The Morgan fingerprint density at radius 3 is 1.12 bits per heavy atom. The first-order valence-corrected chi connectivity index (χ1v) is 2.91. The predicted octanol–water partition coefficient (Wildman–Crippen LogP) is -3.41. The van der Waals surface area contributed by atoms with Crippen molar-refractivity contribution >= 4 is 0 Å². The van der Waals surface area contributed by atoms with Crippen LogP contribution in [0.3, 0.4) is 0 Å². The zero-order valence-electron chi connectivity index (χ0n) is 5.58. The molecule has 54 valence electrons. The molecule has 8 heavy (non-hydrogen) atoms. The molecule has 0 rings (SSSR count). The number of hydrogen-bond donors (Lipinski definition) is 0. The SMILES string of the molecule is CCCCCC.[F-].[F-]. The smallest absolute Gasteiger partial charge is 0.0536 e. The third kappa shape index (κ3) is 16.9. The van der Waals surface area contributed by atoms with Gasteiger partial charge in [-0.3, -0.25) is 0 Å². The van der Waals surface area contributed by atoms with E-state index in [1.54, 1.807) is 0 Å². The summed E-state index contributed by atoms with van der Waals surface area (Å²) in [6.07, 6.45) is 5.54. The van der Waals surface area contributed by atoms with Crippen molar-refractivity contribution in [2.75, 3.05) is 0 Å². The fourth-order valence-electron chi connectivity index (χ4n) is 0.500. The number of halogens is 2. The van der Waals surface area contributed by atoms with Crippen LogP contribution >= 0.6 is 0 Å². The number of rotatable bonds is 3. The molecule has 0 radical (unpaired) electrons. The number of unbranched alkanes of at least 4 members (excludes halogenated alkanes) is 3. The molecule has 0 aromatic rings. The van der Waals surface area contributed by atoms with E-state index in [1.807, 2.05) is 0 Å². The van der Waals surface area contributed by atoms with Gasteiger partial charge in [0.1, 0.15) is 0 Å². The highest BCUT2D eigenvalue weighted by Gasteiger charge is 1.75. The van der Waals surface area contributed by atoms with Crippen molar-refractivity contribution in [3.63, 3.8) is 0 Å². The fraction of sp³-hybridized carbons (Fsp3) is 1.00. The third-order valence-electron chi connectivity index (χ3n) is 0.957. The Hall–Kier alpha value is -0.140. The molecule has 0 fully saturated rings. The van der Waals surface area contributed by atoms with Crippen LogP contribution < -0.4 is 9.41 Å². The molecule has 0 aliphatic rings. The minimum Gasteiger partial charge on any atom is -1.00 e. The Morgan fingerprint density at radius 2 is 1.00 bits per heavy atom. The summed E-state index contributed by atoms with van der Waals surface area (Å²) in [5.41, 5.74) is 0. The number of hydrogen-bond acceptors (Lipinski definition) is 0. The Labute approximate surface area is 50.0 Å². The summed E-state index contributed by atoms with van der Waals surface area (Å²) in [4.78, 5) is 0. The average molecular weight is 124 g/mol. The fourth-order valence-corrected chi connectivity index (χ4v) is 0.500. The molecular weight excluding hydrogens is 110 g/mol. The van der Waals surface area contributed by atoms with Gasteiger partial charge in [-0.15, -0.1) is 0 Å². The van der Waals surface area contributed by atoms with Crippen LogP contribution in [0.2, 0.25) is 0 Å². The van der Waals surface area contributed by atoms with Crippen LogP contribution in [0.5, 0.6) is 0 Å². The van der Waals surface area contributed by atoms with Crippen LogP contribution in [0, 0.1) is 0 Å². The van der Waals surface area contributed by atoms with Gasteiger partial charge in [0.2, 0.25) is 0 Å². The molecular formula is C6H14F2-2. The minimum absolute atomic E-state index is 0. The second kappa shape index (κ2) is 15.8. The third-order valence-corrected chi connectivity index (χ3v) is 0.957. The van der Waals surface area contributed by atoms with Gasteiger partial charge >= 0.3 is 0 Å². The molecule has 0 unspecified atom stereocenters. The molecule has 0 amide bonds.